The van der Waals surface area contributed by atoms with Gasteiger partial charge in [-0.2, -0.15) is 0 Å². The number of para-hydroxylation sites is 1. The van der Waals surface area contributed by atoms with E-state index in [-0.39, 0.29) is 0 Å². The van der Waals surface area contributed by atoms with Gasteiger partial charge >= 0.3 is 0 Å². The Hall–Kier alpha value is -1.47. The number of benzene rings is 1. The lowest BCUT2D eigenvalue weighted by atomic mass is 10.3. The molecule has 0 saturated heterocycles. The molecule has 0 fully saturated rings. The molecular formula is C6H4NO5S-. The van der Waals surface area contributed by atoms with Crippen LogP contribution in [-0.2, 0) is 10.1 Å². The van der Waals surface area contributed by atoms with Gasteiger partial charge in [0.1, 0.15) is 15.0 Å². The summed E-state index contributed by atoms with van der Waals surface area (Å²) in [6, 6.07) is 4.40. The van der Waals surface area contributed by atoms with Gasteiger partial charge in [0, 0.05) is 6.07 Å². The van der Waals surface area contributed by atoms with Crippen molar-refractivity contribution in [3.63, 3.8) is 0 Å². The van der Waals surface area contributed by atoms with Crippen molar-refractivity contribution in [1.82, 2.24) is 0 Å². The number of hydrogen-bond donors (Lipinski definition) is 0. The topological polar surface area (TPSA) is 100 Å². The van der Waals surface area contributed by atoms with E-state index in [0.717, 1.165) is 12.1 Å². The summed E-state index contributed by atoms with van der Waals surface area (Å²) in [7, 11) is -4.77. The van der Waals surface area contributed by atoms with Gasteiger partial charge < -0.3 is 4.55 Å². The van der Waals surface area contributed by atoms with Crippen LogP contribution < -0.4 is 0 Å². The monoisotopic (exact) mass is 202 g/mol. The van der Waals surface area contributed by atoms with Crippen LogP contribution in [0.3, 0.4) is 0 Å². The van der Waals surface area contributed by atoms with Crippen molar-refractivity contribution in [3.8, 4) is 0 Å². The molecule has 0 heterocycles. The molecule has 0 unspecified atom stereocenters. The first-order valence-corrected chi connectivity index (χ1v) is 4.53. The molecule has 0 aromatic heterocycles. The third-order valence-electron chi connectivity index (χ3n) is 1.33. The first kappa shape index (κ1) is 9.62. The van der Waals surface area contributed by atoms with Crippen molar-refractivity contribution in [3.05, 3.63) is 34.4 Å². The summed E-state index contributed by atoms with van der Waals surface area (Å²) in [4.78, 5) is 8.55. The van der Waals surface area contributed by atoms with Crippen LogP contribution >= 0.6 is 0 Å². The summed E-state index contributed by atoms with van der Waals surface area (Å²) in [5, 5.41) is 10.3. The number of nitrogens with zero attached hydrogens (tertiary/aromatic N) is 1. The molecule has 0 spiro atoms. The van der Waals surface area contributed by atoms with E-state index in [4.69, 9.17) is 0 Å². The lowest BCUT2D eigenvalue weighted by Gasteiger charge is -2.06. The summed E-state index contributed by atoms with van der Waals surface area (Å²) in [6.07, 6.45) is 0. The summed E-state index contributed by atoms with van der Waals surface area (Å²) in [5.74, 6) is 0. The molecule has 0 radical (unpaired) electrons. The zero-order chi connectivity index (χ0) is 10.1. The van der Waals surface area contributed by atoms with Gasteiger partial charge in [-0.1, -0.05) is 12.1 Å². The molecule has 1 aromatic rings. The minimum atomic E-state index is -4.77. The lowest BCUT2D eigenvalue weighted by Crippen LogP contribution is -2.02. The van der Waals surface area contributed by atoms with Crippen LogP contribution in [-0.4, -0.2) is 17.9 Å². The molecule has 70 valence electrons. The Balaban J connectivity index is 3.46. The van der Waals surface area contributed by atoms with Crippen molar-refractivity contribution in [1.29, 1.82) is 0 Å². The van der Waals surface area contributed by atoms with Crippen molar-refractivity contribution >= 4 is 15.8 Å². The molecule has 0 bridgehead atoms. The Labute approximate surface area is 73.7 Å². The van der Waals surface area contributed by atoms with Gasteiger partial charge in [0.05, 0.1) is 4.92 Å². The molecule has 1 rings (SSSR count). The van der Waals surface area contributed by atoms with Gasteiger partial charge in [-0.15, -0.1) is 0 Å². The van der Waals surface area contributed by atoms with E-state index in [0.29, 0.717) is 0 Å². The number of hydrogen-bond acceptors (Lipinski definition) is 5. The number of nitro groups is 1. The fraction of sp³-hybridized carbons (Fsp3) is 0. The van der Waals surface area contributed by atoms with Crippen LogP contribution in [0.1, 0.15) is 0 Å². The van der Waals surface area contributed by atoms with E-state index in [1.54, 1.807) is 0 Å². The highest BCUT2D eigenvalue weighted by molar-refractivity contribution is 7.85. The Morgan fingerprint density at radius 1 is 1.23 bits per heavy atom. The van der Waals surface area contributed by atoms with Crippen molar-refractivity contribution in [2.24, 2.45) is 0 Å². The highest BCUT2D eigenvalue weighted by atomic mass is 32.2. The maximum atomic E-state index is 10.5. The lowest BCUT2D eigenvalue weighted by molar-refractivity contribution is -0.387. The summed E-state index contributed by atoms with van der Waals surface area (Å²) < 4.78 is 31.5. The SMILES string of the molecule is O=[N+]([O-])c1ccccc1S(=O)(=O)[O-]. The first-order chi connectivity index (χ1) is 5.93. The molecule has 6 nitrogen and oxygen atoms in total. The Morgan fingerprint density at radius 3 is 2.15 bits per heavy atom. The van der Waals surface area contributed by atoms with Crippen molar-refractivity contribution in [2.75, 3.05) is 0 Å². The van der Waals surface area contributed by atoms with Gasteiger partial charge in [0.2, 0.25) is 0 Å². The van der Waals surface area contributed by atoms with E-state index >= 15 is 0 Å². The summed E-state index contributed by atoms with van der Waals surface area (Å²) in [6.45, 7) is 0. The van der Waals surface area contributed by atoms with Crippen LogP contribution in [0.15, 0.2) is 29.2 Å². The van der Waals surface area contributed by atoms with Crippen LogP contribution in [0.5, 0.6) is 0 Å². The van der Waals surface area contributed by atoms with E-state index in [1.165, 1.54) is 12.1 Å². The fourth-order valence-electron chi connectivity index (χ4n) is 0.819. The van der Waals surface area contributed by atoms with Gasteiger partial charge in [-0.25, -0.2) is 8.42 Å². The Morgan fingerprint density at radius 2 is 1.77 bits per heavy atom. The maximum absolute atomic E-state index is 10.5. The molecule has 0 saturated carbocycles. The number of nitro benzene ring substituents is 1. The molecule has 1 aromatic carbocycles. The Bertz CT molecular complexity index is 438. The molecule has 7 heteroatoms. The molecule has 0 aliphatic carbocycles. The standard InChI is InChI=1S/C6H5NO5S/c8-7(9)5-3-1-2-4-6(5)13(10,11)12/h1-4H,(H,10,11,12)/p-1. The predicted molar refractivity (Wildman–Crippen MR) is 41.1 cm³/mol. The van der Waals surface area contributed by atoms with E-state index in [1.807, 2.05) is 0 Å². The smallest absolute Gasteiger partial charge is 0.286 e. The van der Waals surface area contributed by atoms with Gasteiger partial charge in [0.15, 0.2) is 0 Å². The molecular weight excluding hydrogens is 198 g/mol. The number of rotatable bonds is 2. The van der Waals surface area contributed by atoms with Crippen LogP contribution in [0, 0.1) is 10.1 Å². The van der Waals surface area contributed by atoms with Gasteiger partial charge in [0.25, 0.3) is 5.69 Å². The normalized spacial score (nSPS) is 11.2. The average Bonchev–Trinajstić information content (AvgIpc) is 2.03. The third kappa shape index (κ3) is 2.01. The second-order valence-electron chi connectivity index (χ2n) is 2.18. The van der Waals surface area contributed by atoms with E-state index in [9.17, 15) is 23.1 Å². The largest absolute Gasteiger partial charge is 0.744 e. The minimum Gasteiger partial charge on any atom is -0.744 e. The van der Waals surface area contributed by atoms with Crippen LogP contribution in [0.2, 0.25) is 0 Å². The van der Waals surface area contributed by atoms with Crippen molar-refractivity contribution < 1.29 is 17.9 Å². The van der Waals surface area contributed by atoms with Crippen molar-refractivity contribution in [2.45, 2.75) is 4.90 Å². The highest BCUT2D eigenvalue weighted by Crippen LogP contribution is 2.21. The third-order valence-corrected chi connectivity index (χ3v) is 2.22. The highest BCUT2D eigenvalue weighted by Gasteiger charge is 2.16. The maximum Gasteiger partial charge on any atom is 0.286 e. The second kappa shape index (κ2) is 3.11. The van der Waals surface area contributed by atoms with Gasteiger partial charge in [-0.3, -0.25) is 10.1 Å². The van der Waals surface area contributed by atoms with Gasteiger partial charge in [-0.05, 0) is 6.07 Å². The second-order valence-corrected chi connectivity index (χ2v) is 3.53. The fourth-order valence-corrected chi connectivity index (χ4v) is 1.46. The zero-order valence-corrected chi connectivity index (χ0v) is 7.02. The molecule has 0 atom stereocenters. The molecule has 0 aliphatic heterocycles. The van der Waals surface area contributed by atoms with Crippen LogP contribution in [0.25, 0.3) is 0 Å². The molecule has 0 amide bonds. The quantitative estimate of drug-likeness (QED) is 0.395. The molecule has 0 N–H and O–H groups in total. The Kier molecular flexibility index (Phi) is 2.30. The zero-order valence-electron chi connectivity index (χ0n) is 6.21. The molecule has 0 aliphatic rings. The average molecular weight is 202 g/mol. The van der Waals surface area contributed by atoms with E-state index in [2.05, 4.69) is 0 Å². The first-order valence-electron chi connectivity index (χ1n) is 3.12. The summed E-state index contributed by atoms with van der Waals surface area (Å²) >= 11 is 0. The predicted octanol–water partition coefficient (Wildman–Crippen LogP) is 0.499. The van der Waals surface area contributed by atoms with Crippen LogP contribution in [0.4, 0.5) is 5.69 Å². The van der Waals surface area contributed by atoms with E-state index < -0.39 is 25.6 Å². The minimum absolute atomic E-state index is 0.697. The molecule has 13 heavy (non-hydrogen) atoms. The summed E-state index contributed by atoms with van der Waals surface area (Å²) in [5.41, 5.74) is -0.697.